The Balaban J connectivity index is 2.18. The molecule has 2 aromatic heterocycles. The predicted octanol–water partition coefficient (Wildman–Crippen LogP) is -1.45. The van der Waals surface area contributed by atoms with Crippen LogP contribution < -0.4 is 21.9 Å². The lowest BCUT2D eigenvalue weighted by Gasteiger charge is -2.11. The molecule has 0 fully saturated rings. The van der Waals surface area contributed by atoms with Crippen LogP contribution >= 0.6 is 0 Å². The van der Waals surface area contributed by atoms with Crippen LogP contribution in [0.4, 0.5) is 0 Å². The number of aromatic nitrogens is 4. The van der Waals surface area contributed by atoms with Gasteiger partial charge >= 0.3 is 5.69 Å². The van der Waals surface area contributed by atoms with Gasteiger partial charge in [0.25, 0.3) is 5.56 Å². The van der Waals surface area contributed by atoms with E-state index >= 15 is 0 Å². The fraction of sp³-hybridized carbons (Fsp3) is 0.571. The summed E-state index contributed by atoms with van der Waals surface area (Å²) in [4.78, 5) is 40.1. The molecule has 2 N–H and O–H groups in total. The topological polar surface area (TPSA) is 103 Å². The molecule has 0 saturated carbocycles. The lowest BCUT2D eigenvalue weighted by Crippen LogP contribution is -2.38. The molecule has 0 bridgehead atoms. The number of hydrogen-bond acceptors (Lipinski definition) is 5. The molecule has 9 nitrogen and oxygen atoms in total. The van der Waals surface area contributed by atoms with Gasteiger partial charge in [-0.25, -0.2) is 9.78 Å². The van der Waals surface area contributed by atoms with Crippen LogP contribution in [0.25, 0.3) is 11.2 Å². The standard InChI is InChI=1S/C14H22N6O3/c1-9(15-2)7-16-10(21)5-6-20-8-17-12-11(20)13(22)19(4)14(23)18(12)3/h8-9,15H,5-7H2,1-4H3,(H,16,21). The molecule has 0 aliphatic carbocycles. The molecule has 9 heteroatoms. The lowest BCUT2D eigenvalue weighted by molar-refractivity contribution is -0.121. The first kappa shape index (κ1) is 16.9. The molecule has 23 heavy (non-hydrogen) atoms. The summed E-state index contributed by atoms with van der Waals surface area (Å²) in [6, 6.07) is 0.190. The van der Waals surface area contributed by atoms with E-state index in [-0.39, 0.29) is 18.4 Å². The molecule has 0 aliphatic rings. The number of hydrogen-bond donors (Lipinski definition) is 2. The van der Waals surface area contributed by atoms with Gasteiger partial charge < -0.3 is 15.2 Å². The molecule has 0 spiro atoms. The highest BCUT2D eigenvalue weighted by atomic mass is 16.2. The van der Waals surface area contributed by atoms with E-state index in [4.69, 9.17) is 0 Å². The average molecular weight is 322 g/mol. The van der Waals surface area contributed by atoms with E-state index in [1.54, 1.807) is 11.6 Å². The van der Waals surface area contributed by atoms with Crippen LogP contribution in [0.2, 0.25) is 0 Å². The summed E-state index contributed by atoms with van der Waals surface area (Å²) in [5, 5.41) is 5.85. The average Bonchev–Trinajstić information content (AvgIpc) is 2.97. The van der Waals surface area contributed by atoms with Crippen molar-refractivity contribution in [1.82, 2.24) is 29.3 Å². The minimum absolute atomic E-state index is 0.101. The monoisotopic (exact) mass is 322 g/mol. The maximum atomic E-state index is 12.3. The largest absolute Gasteiger partial charge is 0.354 e. The third-order valence-corrected chi connectivity index (χ3v) is 3.90. The second-order valence-corrected chi connectivity index (χ2v) is 5.56. The molecule has 126 valence electrons. The van der Waals surface area contributed by atoms with Crippen molar-refractivity contribution in [3.63, 3.8) is 0 Å². The zero-order chi connectivity index (χ0) is 17.1. The van der Waals surface area contributed by atoms with Crippen molar-refractivity contribution in [2.24, 2.45) is 14.1 Å². The van der Waals surface area contributed by atoms with Crippen LogP contribution in [0.3, 0.4) is 0 Å². The van der Waals surface area contributed by atoms with Crippen molar-refractivity contribution in [1.29, 1.82) is 0 Å². The van der Waals surface area contributed by atoms with Crippen LogP contribution in [0.15, 0.2) is 15.9 Å². The molecular formula is C14H22N6O3. The van der Waals surface area contributed by atoms with Gasteiger partial charge in [-0.3, -0.25) is 18.7 Å². The number of carbonyl (C=O) groups excluding carboxylic acids is 1. The summed E-state index contributed by atoms with van der Waals surface area (Å²) < 4.78 is 3.97. The highest BCUT2D eigenvalue weighted by Gasteiger charge is 2.14. The molecule has 1 atom stereocenters. The molecule has 1 amide bonds. The first-order valence-electron chi connectivity index (χ1n) is 7.41. The van der Waals surface area contributed by atoms with Crippen molar-refractivity contribution >= 4 is 17.1 Å². The summed E-state index contributed by atoms with van der Waals surface area (Å²) in [6.45, 7) is 2.83. The van der Waals surface area contributed by atoms with Gasteiger partial charge in [-0.2, -0.15) is 0 Å². The highest BCUT2D eigenvalue weighted by molar-refractivity contribution is 5.76. The van der Waals surface area contributed by atoms with Crippen LogP contribution in [0, 0.1) is 0 Å². The van der Waals surface area contributed by atoms with Crippen molar-refractivity contribution in [2.75, 3.05) is 13.6 Å². The third kappa shape index (κ3) is 3.34. The Morgan fingerprint density at radius 2 is 2.00 bits per heavy atom. The zero-order valence-corrected chi connectivity index (χ0v) is 13.8. The smallest absolute Gasteiger partial charge is 0.332 e. The number of aryl methyl sites for hydroxylation is 2. The Bertz CT molecular complexity index is 831. The van der Waals surface area contributed by atoms with Crippen LogP contribution in [-0.4, -0.2) is 44.2 Å². The Hall–Kier alpha value is -2.42. The molecule has 1 unspecified atom stereocenters. The molecular weight excluding hydrogens is 300 g/mol. The molecule has 0 radical (unpaired) electrons. The van der Waals surface area contributed by atoms with E-state index in [1.165, 1.54) is 17.9 Å². The first-order valence-corrected chi connectivity index (χ1v) is 7.41. The van der Waals surface area contributed by atoms with E-state index in [0.29, 0.717) is 24.3 Å². The summed E-state index contributed by atoms with van der Waals surface area (Å²) in [6.07, 6.45) is 1.71. The van der Waals surface area contributed by atoms with Crippen LogP contribution in [-0.2, 0) is 25.4 Å². The minimum Gasteiger partial charge on any atom is -0.354 e. The third-order valence-electron chi connectivity index (χ3n) is 3.90. The summed E-state index contributed by atoms with van der Waals surface area (Å²) in [7, 11) is 4.81. The van der Waals surface area contributed by atoms with Crippen LogP contribution in [0.1, 0.15) is 13.3 Å². The van der Waals surface area contributed by atoms with E-state index in [2.05, 4.69) is 15.6 Å². The molecule has 2 aromatic rings. The maximum Gasteiger partial charge on any atom is 0.332 e. The van der Waals surface area contributed by atoms with Crippen LogP contribution in [0.5, 0.6) is 0 Å². The molecule has 2 heterocycles. The normalized spacial score (nSPS) is 12.5. The van der Waals surface area contributed by atoms with Gasteiger partial charge in [-0.1, -0.05) is 0 Å². The second kappa shape index (κ2) is 6.78. The number of amides is 1. The minimum atomic E-state index is -0.424. The van der Waals surface area contributed by atoms with Gasteiger partial charge in [0.1, 0.15) is 0 Å². The van der Waals surface area contributed by atoms with E-state index in [0.717, 1.165) is 4.57 Å². The van der Waals surface area contributed by atoms with Gasteiger partial charge in [0.15, 0.2) is 11.2 Å². The van der Waals surface area contributed by atoms with Gasteiger partial charge in [0, 0.05) is 39.6 Å². The highest BCUT2D eigenvalue weighted by Crippen LogP contribution is 2.06. The van der Waals surface area contributed by atoms with Crippen molar-refractivity contribution in [2.45, 2.75) is 25.9 Å². The molecule has 0 aliphatic heterocycles. The Labute approximate surface area is 132 Å². The van der Waals surface area contributed by atoms with Gasteiger partial charge in [-0.05, 0) is 14.0 Å². The number of carbonyl (C=O) groups is 1. The van der Waals surface area contributed by atoms with Gasteiger partial charge in [0.2, 0.25) is 5.91 Å². The number of fused-ring (bicyclic) bond motifs is 1. The fourth-order valence-corrected chi connectivity index (χ4v) is 2.25. The number of nitrogens with one attached hydrogen (secondary N) is 2. The van der Waals surface area contributed by atoms with Crippen molar-refractivity contribution < 1.29 is 4.79 Å². The number of nitrogens with zero attached hydrogens (tertiary/aromatic N) is 4. The fourth-order valence-electron chi connectivity index (χ4n) is 2.25. The lowest BCUT2D eigenvalue weighted by atomic mass is 10.3. The maximum absolute atomic E-state index is 12.3. The van der Waals surface area contributed by atoms with E-state index in [1.807, 2.05) is 14.0 Å². The number of imidazole rings is 1. The summed E-state index contributed by atoms with van der Waals surface area (Å²) >= 11 is 0. The van der Waals surface area contributed by atoms with Gasteiger partial charge in [-0.15, -0.1) is 0 Å². The first-order chi connectivity index (χ1) is 10.9. The summed E-state index contributed by atoms with van der Waals surface area (Å²) in [5.41, 5.74) is -0.190. The molecule has 2 rings (SSSR count). The van der Waals surface area contributed by atoms with Gasteiger partial charge in [0.05, 0.1) is 6.33 Å². The van der Waals surface area contributed by atoms with E-state index < -0.39 is 11.2 Å². The molecule has 0 saturated heterocycles. The quantitative estimate of drug-likeness (QED) is 0.677. The zero-order valence-electron chi connectivity index (χ0n) is 13.8. The van der Waals surface area contributed by atoms with Crippen molar-refractivity contribution in [3.05, 3.63) is 27.2 Å². The molecule has 0 aromatic carbocycles. The van der Waals surface area contributed by atoms with E-state index in [9.17, 15) is 14.4 Å². The number of likely N-dealkylation sites (N-methyl/N-ethyl adjacent to an activating group) is 1. The number of rotatable bonds is 6. The second-order valence-electron chi connectivity index (χ2n) is 5.56. The SMILES string of the molecule is CNC(C)CNC(=O)CCn1cnc2c1c(=O)n(C)c(=O)n2C. The Morgan fingerprint density at radius 3 is 2.65 bits per heavy atom. The predicted molar refractivity (Wildman–Crippen MR) is 86.4 cm³/mol. The summed E-state index contributed by atoms with van der Waals surface area (Å²) in [5.74, 6) is -0.101. The van der Waals surface area contributed by atoms with Crippen molar-refractivity contribution in [3.8, 4) is 0 Å². The Morgan fingerprint density at radius 1 is 1.30 bits per heavy atom. The Kier molecular flexibility index (Phi) is 4.99.